The zero-order chi connectivity index (χ0) is 20.6. The van der Waals surface area contributed by atoms with Crippen molar-refractivity contribution in [3.05, 3.63) is 71.4 Å². The Labute approximate surface area is 170 Å². The first-order valence-electron chi connectivity index (χ1n) is 9.27. The number of fused-ring (bicyclic) bond motifs is 1. The lowest BCUT2D eigenvalue weighted by Crippen LogP contribution is -2.41. The highest BCUT2D eigenvalue weighted by molar-refractivity contribution is 7.89. The number of sulfonamides is 1. The SMILES string of the molecule is COc1cc2c(cc1OC)C(c1ccccc1)N(S(=O)(=O)c1ccnn1C)CC2. The average Bonchev–Trinajstić information content (AvgIpc) is 3.19. The van der Waals surface area contributed by atoms with Crippen molar-refractivity contribution < 1.29 is 17.9 Å². The van der Waals surface area contributed by atoms with Crippen molar-refractivity contribution >= 4 is 10.0 Å². The molecule has 0 aliphatic carbocycles. The first-order valence-corrected chi connectivity index (χ1v) is 10.7. The van der Waals surface area contributed by atoms with Crippen LogP contribution in [0.4, 0.5) is 0 Å². The molecule has 0 saturated carbocycles. The van der Waals surface area contributed by atoms with Crippen molar-refractivity contribution in [2.45, 2.75) is 17.5 Å². The van der Waals surface area contributed by atoms with Crippen LogP contribution < -0.4 is 9.47 Å². The van der Waals surface area contributed by atoms with Crippen LogP contribution >= 0.6 is 0 Å². The Kier molecular flexibility index (Phi) is 5.06. The number of ether oxygens (including phenoxy) is 2. The zero-order valence-corrected chi connectivity index (χ0v) is 17.4. The van der Waals surface area contributed by atoms with Gasteiger partial charge in [0.1, 0.15) is 0 Å². The van der Waals surface area contributed by atoms with Gasteiger partial charge in [0.2, 0.25) is 0 Å². The van der Waals surface area contributed by atoms with E-state index in [1.54, 1.807) is 25.6 Å². The molecule has 0 radical (unpaired) electrons. The lowest BCUT2D eigenvalue weighted by atomic mass is 9.89. The molecular weight excluding hydrogens is 390 g/mol. The number of rotatable bonds is 5. The molecule has 3 aromatic rings. The summed E-state index contributed by atoms with van der Waals surface area (Å²) in [6.45, 7) is 0.357. The molecule has 1 aromatic heterocycles. The van der Waals surface area contributed by atoms with Crippen molar-refractivity contribution in [3.63, 3.8) is 0 Å². The third-order valence-corrected chi connectivity index (χ3v) is 7.23. The summed E-state index contributed by atoms with van der Waals surface area (Å²) in [6, 6.07) is 14.5. The highest BCUT2D eigenvalue weighted by Crippen LogP contribution is 2.42. The fourth-order valence-corrected chi connectivity index (χ4v) is 5.60. The Morgan fingerprint density at radius 1 is 1.03 bits per heavy atom. The monoisotopic (exact) mass is 413 g/mol. The van der Waals surface area contributed by atoms with Gasteiger partial charge in [0.05, 0.1) is 26.5 Å². The summed E-state index contributed by atoms with van der Waals surface area (Å²) in [5, 5.41) is 4.21. The second kappa shape index (κ2) is 7.53. The molecule has 29 heavy (non-hydrogen) atoms. The smallest absolute Gasteiger partial charge is 0.261 e. The van der Waals surface area contributed by atoms with Crippen LogP contribution in [0.5, 0.6) is 11.5 Å². The number of aromatic nitrogens is 2. The molecule has 0 saturated heterocycles. The fourth-order valence-electron chi connectivity index (χ4n) is 3.90. The van der Waals surface area contributed by atoms with Crippen LogP contribution in [0, 0.1) is 0 Å². The molecule has 4 rings (SSSR count). The molecule has 0 bridgehead atoms. The van der Waals surface area contributed by atoms with Gasteiger partial charge in [-0.25, -0.2) is 8.42 Å². The second-order valence-corrected chi connectivity index (χ2v) is 8.72. The molecule has 0 fully saturated rings. The number of hydrogen-bond acceptors (Lipinski definition) is 5. The maximum Gasteiger partial charge on any atom is 0.261 e. The first-order chi connectivity index (χ1) is 14.0. The van der Waals surface area contributed by atoms with Gasteiger partial charge in [0.25, 0.3) is 10.0 Å². The summed E-state index contributed by atoms with van der Waals surface area (Å²) >= 11 is 0. The van der Waals surface area contributed by atoms with Crippen molar-refractivity contribution in [1.29, 1.82) is 0 Å². The molecule has 7 nitrogen and oxygen atoms in total. The average molecular weight is 413 g/mol. The second-order valence-electron chi connectivity index (χ2n) is 6.88. The molecule has 152 valence electrons. The van der Waals surface area contributed by atoms with Crippen LogP contribution in [0.1, 0.15) is 22.7 Å². The van der Waals surface area contributed by atoms with Gasteiger partial charge in [0.15, 0.2) is 16.5 Å². The minimum absolute atomic E-state index is 0.169. The Bertz CT molecular complexity index is 1130. The largest absolute Gasteiger partial charge is 0.493 e. The van der Waals surface area contributed by atoms with Crippen LogP contribution in [-0.2, 0) is 23.5 Å². The molecule has 0 amide bonds. The van der Waals surface area contributed by atoms with E-state index in [4.69, 9.17) is 9.47 Å². The predicted octanol–water partition coefficient (Wildman–Crippen LogP) is 2.77. The van der Waals surface area contributed by atoms with Crippen LogP contribution in [-0.4, -0.2) is 43.3 Å². The first kappa shape index (κ1) is 19.5. The molecule has 1 aliphatic rings. The maximum atomic E-state index is 13.5. The molecule has 1 unspecified atom stereocenters. The van der Waals surface area contributed by atoms with Crippen molar-refractivity contribution in [3.8, 4) is 11.5 Å². The predicted molar refractivity (Wildman–Crippen MR) is 109 cm³/mol. The van der Waals surface area contributed by atoms with E-state index in [0.29, 0.717) is 24.5 Å². The Morgan fingerprint density at radius 2 is 1.72 bits per heavy atom. The van der Waals surface area contributed by atoms with Gasteiger partial charge >= 0.3 is 0 Å². The lowest BCUT2D eigenvalue weighted by molar-refractivity contribution is 0.330. The number of nitrogens with zero attached hydrogens (tertiary/aromatic N) is 3. The van der Waals surface area contributed by atoms with Crippen LogP contribution in [0.25, 0.3) is 0 Å². The molecule has 1 aliphatic heterocycles. The normalized spacial score (nSPS) is 17.0. The van der Waals surface area contributed by atoms with Gasteiger partial charge < -0.3 is 9.47 Å². The highest BCUT2D eigenvalue weighted by Gasteiger charge is 2.39. The molecular formula is C21H23N3O4S. The van der Waals surface area contributed by atoms with E-state index in [2.05, 4.69) is 5.10 Å². The number of aryl methyl sites for hydroxylation is 1. The van der Waals surface area contributed by atoms with E-state index in [0.717, 1.165) is 16.7 Å². The van der Waals surface area contributed by atoms with Gasteiger partial charge in [-0.1, -0.05) is 30.3 Å². The maximum absolute atomic E-state index is 13.5. The molecule has 2 aromatic carbocycles. The lowest BCUT2D eigenvalue weighted by Gasteiger charge is -2.37. The van der Waals surface area contributed by atoms with E-state index in [9.17, 15) is 8.42 Å². The van der Waals surface area contributed by atoms with E-state index in [1.807, 2.05) is 42.5 Å². The number of methoxy groups -OCH3 is 2. The summed E-state index contributed by atoms with van der Waals surface area (Å²) in [7, 11) is 1.05. The van der Waals surface area contributed by atoms with Crippen molar-refractivity contribution in [2.24, 2.45) is 7.05 Å². The standard InChI is InChI=1S/C21H23N3O4S/c1-23-20(9-11-22-23)29(25,26)24-12-10-16-13-18(27-2)19(28-3)14-17(16)21(24)15-7-5-4-6-8-15/h4-9,11,13-14,21H,10,12H2,1-3H3. The summed E-state index contributed by atoms with van der Waals surface area (Å²) in [5.41, 5.74) is 2.84. The van der Waals surface area contributed by atoms with Gasteiger partial charge in [-0.3, -0.25) is 4.68 Å². The van der Waals surface area contributed by atoms with E-state index in [-0.39, 0.29) is 5.03 Å². The fraction of sp³-hybridized carbons (Fsp3) is 0.286. The summed E-state index contributed by atoms with van der Waals surface area (Å²) < 4.78 is 41.0. The van der Waals surface area contributed by atoms with Gasteiger partial charge in [-0.05, 0) is 41.3 Å². The molecule has 2 heterocycles. The molecule has 0 spiro atoms. The summed E-state index contributed by atoms with van der Waals surface area (Å²) in [4.78, 5) is 0. The molecule has 8 heteroatoms. The van der Waals surface area contributed by atoms with E-state index in [1.165, 1.54) is 16.9 Å². The molecule has 1 atom stereocenters. The quantitative estimate of drug-likeness (QED) is 0.643. The Morgan fingerprint density at radius 3 is 2.34 bits per heavy atom. The number of hydrogen-bond donors (Lipinski definition) is 0. The van der Waals surface area contributed by atoms with Gasteiger partial charge in [0, 0.05) is 13.6 Å². The highest BCUT2D eigenvalue weighted by atomic mass is 32.2. The Hall–Kier alpha value is -2.84. The van der Waals surface area contributed by atoms with Crippen LogP contribution in [0.3, 0.4) is 0 Å². The minimum Gasteiger partial charge on any atom is -0.493 e. The van der Waals surface area contributed by atoms with E-state index >= 15 is 0 Å². The van der Waals surface area contributed by atoms with Crippen molar-refractivity contribution in [2.75, 3.05) is 20.8 Å². The third kappa shape index (κ3) is 3.28. The van der Waals surface area contributed by atoms with Crippen LogP contribution in [0.2, 0.25) is 0 Å². The van der Waals surface area contributed by atoms with Crippen LogP contribution in [0.15, 0.2) is 59.8 Å². The third-order valence-electron chi connectivity index (χ3n) is 5.29. The van der Waals surface area contributed by atoms with Gasteiger partial charge in [-0.2, -0.15) is 9.40 Å². The van der Waals surface area contributed by atoms with Crippen molar-refractivity contribution in [1.82, 2.24) is 14.1 Å². The summed E-state index contributed by atoms with van der Waals surface area (Å²) in [6.07, 6.45) is 2.08. The topological polar surface area (TPSA) is 73.7 Å². The summed E-state index contributed by atoms with van der Waals surface area (Å²) in [5.74, 6) is 1.22. The minimum atomic E-state index is -3.76. The van der Waals surface area contributed by atoms with E-state index < -0.39 is 16.1 Å². The Balaban J connectivity index is 1.92. The zero-order valence-electron chi connectivity index (χ0n) is 16.6. The molecule has 0 N–H and O–H groups in total. The van der Waals surface area contributed by atoms with Gasteiger partial charge in [-0.15, -0.1) is 0 Å². The number of benzene rings is 2.